The smallest absolute Gasteiger partial charge is 0.240 e. The summed E-state index contributed by atoms with van der Waals surface area (Å²) in [6.45, 7) is 4.40. The predicted octanol–water partition coefficient (Wildman–Crippen LogP) is 3.00. The van der Waals surface area contributed by atoms with Crippen LogP contribution in [0.3, 0.4) is 0 Å². The molecule has 3 heterocycles. The summed E-state index contributed by atoms with van der Waals surface area (Å²) in [5.74, 6) is 0.188. The Kier molecular flexibility index (Phi) is 5.31. The van der Waals surface area contributed by atoms with Gasteiger partial charge in [-0.15, -0.1) is 21.5 Å². The molecule has 0 saturated carbocycles. The highest BCUT2D eigenvalue weighted by Gasteiger charge is 2.19. The Hall–Kier alpha value is -2.13. The monoisotopic (exact) mass is 363 g/mol. The number of amides is 1. The topological polar surface area (TPSA) is 85.8 Å². The zero-order chi connectivity index (χ0) is 16.9. The number of aromatic nitrogens is 4. The number of hydrogen-bond acceptors (Lipinski definition) is 7. The van der Waals surface area contributed by atoms with Crippen LogP contribution < -0.4 is 5.32 Å². The highest BCUT2D eigenvalue weighted by Crippen LogP contribution is 2.23. The summed E-state index contributed by atoms with van der Waals surface area (Å²) in [6.07, 6.45) is 2.61. The number of carbonyl (C=O) groups is 1. The molecule has 0 bridgehead atoms. The van der Waals surface area contributed by atoms with Gasteiger partial charge in [-0.1, -0.05) is 23.0 Å². The normalized spacial score (nSPS) is 12.2. The Morgan fingerprint density at radius 3 is 3.12 bits per heavy atom. The zero-order valence-corrected chi connectivity index (χ0v) is 14.9. The van der Waals surface area contributed by atoms with Gasteiger partial charge >= 0.3 is 0 Å². The molecule has 3 aromatic heterocycles. The maximum Gasteiger partial charge on any atom is 0.240 e. The van der Waals surface area contributed by atoms with E-state index in [1.54, 1.807) is 30.7 Å². The van der Waals surface area contributed by atoms with Crippen molar-refractivity contribution in [2.75, 3.05) is 5.32 Å². The van der Waals surface area contributed by atoms with Crippen LogP contribution >= 0.6 is 23.1 Å². The molecule has 126 valence electrons. The molecule has 0 aromatic carbocycles. The van der Waals surface area contributed by atoms with Crippen LogP contribution in [0.5, 0.6) is 0 Å². The van der Waals surface area contributed by atoms with Gasteiger partial charge < -0.3 is 9.09 Å². The van der Waals surface area contributed by atoms with Crippen LogP contribution in [0.15, 0.2) is 39.6 Å². The standard InChI is InChI=1S/C15H17N5O2S2/c1-10-8-13(22-19-10)17-14(21)11(2)24-15-18-16-9-20(15)6-5-12-4-3-7-23-12/h3-4,7-9,11H,5-6H2,1-2H3,(H,17,21). The number of thiophene rings is 1. The number of thioether (sulfide) groups is 1. The molecular weight excluding hydrogens is 346 g/mol. The van der Waals surface area contributed by atoms with Gasteiger partial charge in [0.05, 0.1) is 10.9 Å². The molecule has 1 atom stereocenters. The fourth-order valence-corrected chi connectivity index (χ4v) is 3.58. The second-order valence-corrected chi connectivity index (χ2v) is 7.56. The first-order valence-corrected chi connectivity index (χ1v) is 9.19. The first kappa shape index (κ1) is 16.7. The molecule has 3 rings (SSSR count). The van der Waals surface area contributed by atoms with Gasteiger partial charge in [0, 0.05) is 17.5 Å². The Bertz CT molecular complexity index is 797. The second kappa shape index (κ2) is 7.63. The van der Waals surface area contributed by atoms with Crippen molar-refractivity contribution in [2.24, 2.45) is 0 Å². The molecule has 1 amide bonds. The number of aryl methyl sites for hydroxylation is 3. The third-order valence-electron chi connectivity index (χ3n) is 3.28. The van der Waals surface area contributed by atoms with E-state index in [1.165, 1.54) is 16.6 Å². The summed E-state index contributed by atoms with van der Waals surface area (Å²) in [4.78, 5) is 13.5. The van der Waals surface area contributed by atoms with Gasteiger partial charge in [0.25, 0.3) is 0 Å². The summed E-state index contributed by atoms with van der Waals surface area (Å²) in [5, 5.41) is 17.0. The lowest BCUT2D eigenvalue weighted by molar-refractivity contribution is -0.115. The fourth-order valence-electron chi connectivity index (χ4n) is 2.03. The van der Waals surface area contributed by atoms with Crippen molar-refractivity contribution in [2.45, 2.75) is 37.2 Å². The van der Waals surface area contributed by atoms with E-state index >= 15 is 0 Å². The Balaban J connectivity index is 1.57. The molecule has 0 aliphatic heterocycles. The Labute approximate surface area is 147 Å². The molecule has 0 saturated heterocycles. The van der Waals surface area contributed by atoms with Crippen molar-refractivity contribution in [1.82, 2.24) is 19.9 Å². The number of carbonyl (C=O) groups excluding carboxylic acids is 1. The fraction of sp³-hybridized carbons (Fsp3) is 0.333. The van der Waals surface area contributed by atoms with Crippen molar-refractivity contribution in [1.29, 1.82) is 0 Å². The van der Waals surface area contributed by atoms with Gasteiger partial charge in [-0.3, -0.25) is 10.1 Å². The van der Waals surface area contributed by atoms with Crippen molar-refractivity contribution < 1.29 is 9.32 Å². The van der Waals surface area contributed by atoms with E-state index in [2.05, 4.69) is 32.1 Å². The lowest BCUT2D eigenvalue weighted by atomic mass is 10.3. The van der Waals surface area contributed by atoms with Gasteiger partial charge in [0.2, 0.25) is 11.8 Å². The van der Waals surface area contributed by atoms with E-state index in [0.717, 1.165) is 23.8 Å². The van der Waals surface area contributed by atoms with Crippen LogP contribution in [0.2, 0.25) is 0 Å². The molecule has 0 aliphatic carbocycles. The molecular formula is C15H17N5O2S2. The van der Waals surface area contributed by atoms with E-state index in [9.17, 15) is 4.79 Å². The van der Waals surface area contributed by atoms with Gasteiger partial charge in [-0.2, -0.15) is 0 Å². The van der Waals surface area contributed by atoms with Gasteiger partial charge in [0.1, 0.15) is 6.33 Å². The zero-order valence-electron chi connectivity index (χ0n) is 13.3. The summed E-state index contributed by atoms with van der Waals surface area (Å²) in [5.41, 5.74) is 0.721. The number of anilines is 1. The Morgan fingerprint density at radius 2 is 2.42 bits per heavy atom. The van der Waals surface area contributed by atoms with Crippen molar-refractivity contribution >= 4 is 34.9 Å². The van der Waals surface area contributed by atoms with E-state index in [4.69, 9.17) is 4.52 Å². The average Bonchev–Trinajstić information content (AvgIpc) is 3.28. The van der Waals surface area contributed by atoms with Crippen molar-refractivity contribution in [3.8, 4) is 0 Å². The molecule has 9 heteroatoms. The maximum atomic E-state index is 12.2. The Morgan fingerprint density at radius 1 is 1.54 bits per heavy atom. The third-order valence-corrected chi connectivity index (χ3v) is 5.32. The van der Waals surface area contributed by atoms with Crippen LogP contribution in [-0.2, 0) is 17.8 Å². The molecule has 24 heavy (non-hydrogen) atoms. The SMILES string of the molecule is Cc1cc(NC(=O)C(C)Sc2nncn2CCc2cccs2)on1. The summed E-state index contributed by atoms with van der Waals surface area (Å²) >= 11 is 3.10. The molecule has 0 aliphatic rings. The molecule has 0 fully saturated rings. The molecule has 1 unspecified atom stereocenters. The first-order valence-electron chi connectivity index (χ1n) is 7.43. The third kappa shape index (κ3) is 4.24. The van der Waals surface area contributed by atoms with Gasteiger partial charge in [0.15, 0.2) is 5.16 Å². The van der Waals surface area contributed by atoms with Crippen LogP contribution in [0.4, 0.5) is 5.88 Å². The first-order chi connectivity index (χ1) is 11.6. The second-order valence-electron chi connectivity index (χ2n) is 5.22. The minimum atomic E-state index is -0.333. The van der Waals surface area contributed by atoms with E-state index in [0.29, 0.717) is 5.88 Å². The van der Waals surface area contributed by atoms with Crippen LogP contribution in [0.1, 0.15) is 17.5 Å². The number of nitrogens with zero attached hydrogens (tertiary/aromatic N) is 4. The van der Waals surface area contributed by atoms with Crippen LogP contribution in [0, 0.1) is 6.92 Å². The van der Waals surface area contributed by atoms with Gasteiger partial charge in [-0.25, -0.2) is 0 Å². The van der Waals surface area contributed by atoms with Crippen LogP contribution in [0.25, 0.3) is 0 Å². The van der Waals surface area contributed by atoms with E-state index in [1.807, 2.05) is 17.6 Å². The minimum absolute atomic E-state index is 0.163. The average molecular weight is 363 g/mol. The highest BCUT2D eigenvalue weighted by molar-refractivity contribution is 8.00. The summed E-state index contributed by atoms with van der Waals surface area (Å²) < 4.78 is 6.97. The molecule has 1 N–H and O–H groups in total. The predicted molar refractivity (Wildman–Crippen MR) is 93.2 cm³/mol. The number of nitrogens with one attached hydrogen (secondary N) is 1. The molecule has 3 aromatic rings. The molecule has 0 radical (unpaired) electrons. The van der Waals surface area contributed by atoms with Crippen molar-refractivity contribution in [3.05, 3.63) is 40.5 Å². The highest BCUT2D eigenvalue weighted by atomic mass is 32.2. The van der Waals surface area contributed by atoms with Gasteiger partial charge in [-0.05, 0) is 31.7 Å². The largest absolute Gasteiger partial charge is 0.338 e. The van der Waals surface area contributed by atoms with Crippen molar-refractivity contribution in [3.63, 3.8) is 0 Å². The molecule has 7 nitrogen and oxygen atoms in total. The lowest BCUT2D eigenvalue weighted by Crippen LogP contribution is -2.22. The van der Waals surface area contributed by atoms with E-state index < -0.39 is 0 Å². The minimum Gasteiger partial charge on any atom is -0.338 e. The lowest BCUT2D eigenvalue weighted by Gasteiger charge is -2.10. The quantitative estimate of drug-likeness (QED) is 0.650. The van der Waals surface area contributed by atoms with Crippen LogP contribution in [-0.4, -0.2) is 31.1 Å². The summed E-state index contributed by atoms with van der Waals surface area (Å²) in [6, 6.07) is 5.83. The maximum absolute atomic E-state index is 12.2. The van der Waals surface area contributed by atoms with E-state index in [-0.39, 0.29) is 11.2 Å². The number of hydrogen-bond donors (Lipinski definition) is 1. The molecule has 0 spiro atoms. The number of rotatable bonds is 7. The summed E-state index contributed by atoms with van der Waals surface area (Å²) in [7, 11) is 0.